The van der Waals surface area contributed by atoms with Crippen LogP contribution >= 0.6 is 0 Å². The van der Waals surface area contributed by atoms with E-state index in [0.29, 0.717) is 0 Å². The van der Waals surface area contributed by atoms with E-state index in [9.17, 15) is 0 Å². The quantitative estimate of drug-likeness (QED) is 0.916. The van der Waals surface area contributed by atoms with Crippen LogP contribution in [0.15, 0.2) is 4.52 Å². The molecule has 2 saturated heterocycles. The molecule has 0 radical (unpaired) electrons. The van der Waals surface area contributed by atoms with E-state index >= 15 is 0 Å². The summed E-state index contributed by atoms with van der Waals surface area (Å²) >= 11 is 0. The fourth-order valence-corrected chi connectivity index (χ4v) is 3.24. The number of piperidine rings is 1. The second-order valence-corrected chi connectivity index (χ2v) is 6.14. The molecule has 0 bridgehead atoms. The maximum absolute atomic E-state index is 5.43. The molecular formula is C15H26N4O. The third kappa shape index (κ3) is 3.72. The third-order valence-electron chi connectivity index (χ3n) is 4.51. The molecular weight excluding hydrogens is 252 g/mol. The first-order valence-electron chi connectivity index (χ1n) is 8.20. The van der Waals surface area contributed by atoms with Gasteiger partial charge < -0.3 is 14.7 Å². The molecule has 0 spiro atoms. The number of aromatic nitrogens is 2. The molecule has 20 heavy (non-hydrogen) atoms. The van der Waals surface area contributed by atoms with Gasteiger partial charge in [0.25, 0.3) is 5.95 Å². The van der Waals surface area contributed by atoms with Crippen molar-refractivity contribution in [1.82, 2.24) is 15.5 Å². The molecule has 1 atom stereocenters. The van der Waals surface area contributed by atoms with Crippen molar-refractivity contribution in [2.45, 2.75) is 51.4 Å². The molecule has 1 N–H and O–H groups in total. The zero-order chi connectivity index (χ0) is 13.6. The summed E-state index contributed by atoms with van der Waals surface area (Å²) in [6.45, 7) is 4.47. The van der Waals surface area contributed by atoms with E-state index < -0.39 is 0 Å². The first-order chi connectivity index (χ1) is 9.92. The second kappa shape index (κ2) is 7.07. The number of aryl methyl sites for hydroxylation is 1. The Morgan fingerprint density at radius 3 is 2.75 bits per heavy atom. The maximum atomic E-state index is 5.43. The van der Waals surface area contributed by atoms with E-state index in [1.165, 1.54) is 45.1 Å². The summed E-state index contributed by atoms with van der Waals surface area (Å²) in [7, 11) is 0. The van der Waals surface area contributed by atoms with Gasteiger partial charge in [-0.2, -0.15) is 4.98 Å². The molecule has 1 aromatic heterocycles. The Balaban J connectivity index is 1.50. The van der Waals surface area contributed by atoms with E-state index in [4.69, 9.17) is 4.52 Å². The number of hydrogen-bond acceptors (Lipinski definition) is 5. The summed E-state index contributed by atoms with van der Waals surface area (Å²) < 4.78 is 5.43. The minimum absolute atomic E-state index is 0.775. The highest BCUT2D eigenvalue weighted by atomic mass is 16.5. The van der Waals surface area contributed by atoms with Gasteiger partial charge in [-0.15, -0.1) is 0 Å². The van der Waals surface area contributed by atoms with Gasteiger partial charge >= 0.3 is 0 Å². The molecule has 0 aliphatic carbocycles. The minimum atomic E-state index is 0.775. The standard InChI is InChI=1S/C15H26N4O/c1-2-4-11-19(10-3-1)15-17-14(20-18-15)8-7-13-6-5-9-16-12-13/h13,16H,1-12H2. The monoisotopic (exact) mass is 278 g/mol. The third-order valence-corrected chi connectivity index (χ3v) is 4.51. The molecule has 0 amide bonds. The first-order valence-corrected chi connectivity index (χ1v) is 8.20. The normalized spacial score (nSPS) is 24.6. The van der Waals surface area contributed by atoms with Crippen LogP contribution in [0.25, 0.3) is 0 Å². The molecule has 3 rings (SSSR count). The number of rotatable bonds is 4. The lowest BCUT2D eigenvalue weighted by molar-refractivity contribution is 0.327. The molecule has 2 aliphatic heterocycles. The summed E-state index contributed by atoms with van der Waals surface area (Å²) in [6.07, 6.45) is 9.87. The Kier molecular flexibility index (Phi) is 4.90. The topological polar surface area (TPSA) is 54.2 Å². The smallest absolute Gasteiger partial charge is 0.266 e. The van der Waals surface area contributed by atoms with E-state index in [1.54, 1.807) is 0 Å². The first kappa shape index (κ1) is 13.9. The summed E-state index contributed by atoms with van der Waals surface area (Å²) in [5, 5.41) is 7.63. The van der Waals surface area contributed by atoms with Crippen molar-refractivity contribution in [2.24, 2.45) is 5.92 Å². The molecule has 0 saturated carbocycles. The lowest BCUT2D eigenvalue weighted by Gasteiger charge is -2.21. The molecule has 5 heteroatoms. The highest BCUT2D eigenvalue weighted by molar-refractivity contribution is 5.27. The van der Waals surface area contributed by atoms with Crippen molar-refractivity contribution in [1.29, 1.82) is 0 Å². The number of hydrogen-bond donors (Lipinski definition) is 1. The lowest BCUT2D eigenvalue weighted by atomic mass is 9.95. The number of anilines is 1. The van der Waals surface area contributed by atoms with Crippen molar-refractivity contribution in [3.63, 3.8) is 0 Å². The summed E-state index contributed by atoms with van der Waals surface area (Å²) in [5.74, 6) is 2.40. The zero-order valence-corrected chi connectivity index (χ0v) is 12.3. The van der Waals surface area contributed by atoms with Gasteiger partial charge in [0.05, 0.1) is 0 Å². The number of nitrogens with zero attached hydrogens (tertiary/aromatic N) is 3. The predicted octanol–water partition coefficient (Wildman–Crippen LogP) is 2.38. The summed E-state index contributed by atoms with van der Waals surface area (Å²) in [4.78, 5) is 6.87. The van der Waals surface area contributed by atoms with Crippen molar-refractivity contribution in [3.05, 3.63) is 5.89 Å². The Labute approximate surface area is 121 Å². The highest BCUT2D eigenvalue weighted by Crippen LogP contribution is 2.19. The van der Waals surface area contributed by atoms with Gasteiger partial charge in [0, 0.05) is 19.5 Å². The average molecular weight is 278 g/mol. The molecule has 112 valence electrons. The Morgan fingerprint density at radius 1 is 1.15 bits per heavy atom. The van der Waals surface area contributed by atoms with E-state index in [0.717, 1.165) is 50.2 Å². The fraction of sp³-hybridized carbons (Fsp3) is 0.867. The van der Waals surface area contributed by atoms with Crippen LogP contribution in [-0.4, -0.2) is 36.3 Å². The van der Waals surface area contributed by atoms with Crippen molar-refractivity contribution < 1.29 is 4.52 Å². The Morgan fingerprint density at radius 2 is 2.00 bits per heavy atom. The molecule has 2 fully saturated rings. The fourth-order valence-electron chi connectivity index (χ4n) is 3.24. The average Bonchev–Trinajstić information content (AvgIpc) is 2.80. The van der Waals surface area contributed by atoms with Crippen LogP contribution < -0.4 is 10.2 Å². The maximum Gasteiger partial charge on any atom is 0.266 e. The van der Waals surface area contributed by atoms with E-state index in [2.05, 4.69) is 20.4 Å². The molecule has 3 heterocycles. The molecule has 0 aromatic carbocycles. The van der Waals surface area contributed by atoms with Crippen molar-refractivity contribution in [2.75, 3.05) is 31.1 Å². The molecule has 1 aromatic rings. The zero-order valence-electron chi connectivity index (χ0n) is 12.3. The van der Waals surface area contributed by atoms with Gasteiger partial charge in [0.15, 0.2) is 0 Å². The van der Waals surface area contributed by atoms with E-state index in [-0.39, 0.29) is 0 Å². The summed E-state index contributed by atoms with van der Waals surface area (Å²) in [5.41, 5.74) is 0. The Hall–Kier alpha value is -1.10. The van der Waals surface area contributed by atoms with Gasteiger partial charge in [-0.05, 0) is 56.3 Å². The van der Waals surface area contributed by atoms with Gasteiger partial charge in [-0.25, -0.2) is 0 Å². The van der Waals surface area contributed by atoms with Crippen molar-refractivity contribution in [3.8, 4) is 0 Å². The van der Waals surface area contributed by atoms with Gasteiger partial charge in [-0.3, -0.25) is 0 Å². The van der Waals surface area contributed by atoms with Crippen LogP contribution in [0.2, 0.25) is 0 Å². The molecule has 5 nitrogen and oxygen atoms in total. The van der Waals surface area contributed by atoms with Crippen LogP contribution in [0.1, 0.15) is 50.8 Å². The van der Waals surface area contributed by atoms with Crippen LogP contribution in [0.5, 0.6) is 0 Å². The minimum Gasteiger partial charge on any atom is -0.338 e. The van der Waals surface area contributed by atoms with Crippen LogP contribution in [0.3, 0.4) is 0 Å². The molecule has 1 unspecified atom stereocenters. The summed E-state index contributed by atoms with van der Waals surface area (Å²) in [6, 6.07) is 0. The van der Waals surface area contributed by atoms with Crippen LogP contribution in [0, 0.1) is 5.92 Å². The van der Waals surface area contributed by atoms with Gasteiger partial charge in [-0.1, -0.05) is 12.8 Å². The van der Waals surface area contributed by atoms with E-state index in [1.807, 2.05) is 0 Å². The number of nitrogens with one attached hydrogen (secondary N) is 1. The van der Waals surface area contributed by atoms with Gasteiger partial charge in [0.2, 0.25) is 5.89 Å². The van der Waals surface area contributed by atoms with Crippen LogP contribution in [-0.2, 0) is 6.42 Å². The Bertz CT molecular complexity index is 392. The second-order valence-electron chi connectivity index (χ2n) is 6.14. The largest absolute Gasteiger partial charge is 0.338 e. The van der Waals surface area contributed by atoms with Crippen LogP contribution in [0.4, 0.5) is 5.95 Å². The predicted molar refractivity (Wildman–Crippen MR) is 78.9 cm³/mol. The lowest BCUT2D eigenvalue weighted by Crippen LogP contribution is -2.29. The van der Waals surface area contributed by atoms with Gasteiger partial charge in [0.1, 0.15) is 0 Å². The van der Waals surface area contributed by atoms with Crippen molar-refractivity contribution >= 4 is 5.95 Å². The highest BCUT2D eigenvalue weighted by Gasteiger charge is 2.18. The molecule has 2 aliphatic rings. The SMILES string of the molecule is C1CCCN(c2noc(CCC3CCCNC3)n2)CC1.